The van der Waals surface area contributed by atoms with E-state index >= 15 is 0 Å². The van der Waals surface area contributed by atoms with Gasteiger partial charge in [-0.05, 0) is 43.4 Å². The Morgan fingerprint density at radius 2 is 2.06 bits per heavy atom. The van der Waals surface area contributed by atoms with E-state index in [2.05, 4.69) is 34.5 Å². The van der Waals surface area contributed by atoms with Crippen LogP contribution in [0.2, 0.25) is 0 Å². The Hall–Kier alpha value is -2.63. The van der Waals surface area contributed by atoms with E-state index < -0.39 is 0 Å². The first-order chi connectivity index (χ1) is 15.0. The normalized spacial score (nSPS) is 17.5. The van der Waals surface area contributed by atoms with Gasteiger partial charge in [0.05, 0.1) is 16.7 Å². The molecule has 0 saturated heterocycles. The van der Waals surface area contributed by atoms with Crippen molar-refractivity contribution in [2.75, 3.05) is 7.05 Å². The van der Waals surface area contributed by atoms with Crippen LogP contribution < -0.4 is 5.73 Å². The average molecular weight is 424 g/mol. The van der Waals surface area contributed by atoms with Crippen molar-refractivity contribution in [3.63, 3.8) is 0 Å². The fraction of sp³-hybridized carbons (Fsp3) is 0.560. The lowest BCUT2D eigenvalue weighted by Gasteiger charge is -2.36. The molecule has 0 spiro atoms. The van der Waals surface area contributed by atoms with Crippen molar-refractivity contribution in [2.24, 2.45) is 17.6 Å². The largest absolute Gasteiger partial charge is 0.404 e. The van der Waals surface area contributed by atoms with Gasteiger partial charge in [0.2, 0.25) is 5.91 Å². The summed E-state index contributed by atoms with van der Waals surface area (Å²) >= 11 is 0. The van der Waals surface area contributed by atoms with Crippen LogP contribution in [-0.2, 0) is 11.3 Å². The summed E-state index contributed by atoms with van der Waals surface area (Å²) in [6, 6.07) is 6.20. The van der Waals surface area contributed by atoms with Gasteiger partial charge in [0.1, 0.15) is 0 Å². The molecule has 2 heterocycles. The van der Waals surface area contributed by atoms with Crippen LogP contribution >= 0.6 is 0 Å². The second-order valence-electron chi connectivity index (χ2n) is 8.95. The van der Waals surface area contributed by atoms with E-state index in [1.54, 1.807) is 0 Å². The minimum Gasteiger partial charge on any atom is -0.404 e. The molecule has 2 atom stereocenters. The highest BCUT2D eigenvalue weighted by Gasteiger charge is 2.30. The third-order valence-corrected chi connectivity index (χ3v) is 6.78. The standard InChI is InChI=1S/C25H37N5O/c1-4-8-23(29(3)25(31)19-9-6-5-7-10-19)18(2)17-30-14-13-22-24(30)12-11-21(28-22)20(15-26)16-27/h11-16,18-19,23,26H,4-10,17,27H2,1-3H3/b20-16+,26-15?. The molecule has 1 aliphatic rings. The second kappa shape index (κ2) is 10.6. The Morgan fingerprint density at radius 3 is 2.71 bits per heavy atom. The topological polar surface area (TPSA) is 88.0 Å². The fourth-order valence-corrected chi connectivity index (χ4v) is 4.99. The maximum atomic E-state index is 13.2. The van der Waals surface area contributed by atoms with E-state index in [9.17, 15) is 4.79 Å². The number of nitrogens with one attached hydrogen (secondary N) is 1. The smallest absolute Gasteiger partial charge is 0.225 e. The van der Waals surface area contributed by atoms with Crippen LogP contribution in [0.1, 0.15) is 64.5 Å². The summed E-state index contributed by atoms with van der Waals surface area (Å²) in [4.78, 5) is 19.9. The van der Waals surface area contributed by atoms with Crippen LogP contribution in [0.5, 0.6) is 0 Å². The molecule has 6 nitrogen and oxygen atoms in total. The first-order valence-corrected chi connectivity index (χ1v) is 11.6. The number of aromatic nitrogens is 2. The Morgan fingerprint density at radius 1 is 1.32 bits per heavy atom. The third kappa shape index (κ3) is 5.17. The number of hydrogen-bond acceptors (Lipinski definition) is 4. The van der Waals surface area contributed by atoms with Crippen molar-refractivity contribution in [1.82, 2.24) is 14.5 Å². The zero-order chi connectivity index (χ0) is 22.4. The Labute approximate surface area is 186 Å². The third-order valence-electron chi connectivity index (χ3n) is 6.78. The fourth-order valence-electron chi connectivity index (χ4n) is 4.99. The predicted molar refractivity (Wildman–Crippen MR) is 128 cm³/mol. The second-order valence-corrected chi connectivity index (χ2v) is 8.95. The molecule has 2 aromatic heterocycles. The molecule has 2 aromatic rings. The van der Waals surface area contributed by atoms with Crippen LogP contribution in [0.3, 0.4) is 0 Å². The summed E-state index contributed by atoms with van der Waals surface area (Å²) in [5, 5.41) is 7.49. The molecular weight excluding hydrogens is 386 g/mol. The van der Waals surface area contributed by atoms with Gasteiger partial charge in [-0.3, -0.25) is 4.79 Å². The van der Waals surface area contributed by atoms with Crippen molar-refractivity contribution < 1.29 is 4.79 Å². The van der Waals surface area contributed by atoms with Gasteiger partial charge < -0.3 is 20.6 Å². The van der Waals surface area contributed by atoms with Crippen molar-refractivity contribution in [2.45, 2.75) is 71.4 Å². The maximum absolute atomic E-state index is 13.2. The highest BCUT2D eigenvalue weighted by Crippen LogP contribution is 2.28. The number of carbonyl (C=O) groups excluding carboxylic acids is 1. The molecule has 3 N–H and O–H groups in total. The molecule has 31 heavy (non-hydrogen) atoms. The first-order valence-electron chi connectivity index (χ1n) is 11.6. The number of amides is 1. The molecule has 3 rings (SSSR count). The zero-order valence-corrected chi connectivity index (χ0v) is 19.2. The van der Waals surface area contributed by atoms with Gasteiger partial charge in [0.15, 0.2) is 0 Å². The summed E-state index contributed by atoms with van der Waals surface area (Å²) in [5.41, 5.74) is 8.88. The van der Waals surface area contributed by atoms with Crippen molar-refractivity contribution >= 4 is 28.7 Å². The van der Waals surface area contributed by atoms with Crippen LogP contribution in [0.4, 0.5) is 0 Å². The van der Waals surface area contributed by atoms with Gasteiger partial charge in [0.25, 0.3) is 0 Å². The summed E-state index contributed by atoms with van der Waals surface area (Å²) in [6.07, 6.45) is 12.5. The van der Waals surface area contributed by atoms with Crippen LogP contribution in [-0.4, -0.2) is 39.7 Å². The quantitative estimate of drug-likeness (QED) is 0.566. The molecule has 2 unspecified atom stereocenters. The molecule has 0 aliphatic heterocycles. The van der Waals surface area contributed by atoms with Crippen LogP contribution in [0.25, 0.3) is 16.6 Å². The number of pyridine rings is 1. The average Bonchev–Trinajstić information content (AvgIpc) is 3.19. The van der Waals surface area contributed by atoms with E-state index in [4.69, 9.17) is 11.1 Å². The SMILES string of the molecule is CCCC(C(C)Cn1ccc2nc(/C(C=N)=C/N)ccc21)N(C)C(=O)C1CCCCC1. The highest BCUT2D eigenvalue weighted by molar-refractivity contribution is 6.07. The molecule has 0 radical (unpaired) electrons. The molecule has 1 fully saturated rings. The predicted octanol–water partition coefficient (Wildman–Crippen LogP) is 4.83. The van der Waals surface area contributed by atoms with E-state index in [0.29, 0.717) is 23.1 Å². The number of fused-ring (bicyclic) bond motifs is 1. The molecule has 6 heteroatoms. The lowest BCUT2D eigenvalue weighted by Crippen LogP contribution is -2.45. The van der Waals surface area contributed by atoms with Crippen LogP contribution in [0.15, 0.2) is 30.6 Å². The first kappa shape index (κ1) is 23.0. The van der Waals surface area contributed by atoms with Gasteiger partial charge in [0, 0.05) is 49.7 Å². The number of nitrogens with two attached hydrogens (primary N) is 1. The molecule has 1 aliphatic carbocycles. The number of allylic oxidation sites excluding steroid dienone is 1. The minimum atomic E-state index is 0.207. The lowest BCUT2D eigenvalue weighted by atomic mass is 9.87. The van der Waals surface area contributed by atoms with E-state index in [0.717, 1.165) is 43.3 Å². The van der Waals surface area contributed by atoms with Crippen LogP contribution in [0, 0.1) is 17.2 Å². The van der Waals surface area contributed by atoms with Crippen molar-refractivity contribution in [3.05, 3.63) is 36.3 Å². The number of carbonyl (C=O) groups is 1. The molecule has 1 amide bonds. The Bertz CT molecular complexity index is 925. The van der Waals surface area contributed by atoms with E-state index in [1.165, 1.54) is 31.7 Å². The number of hydrogen-bond donors (Lipinski definition) is 2. The van der Waals surface area contributed by atoms with Gasteiger partial charge in [-0.15, -0.1) is 0 Å². The van der Waals surface area contributed by atoms with Gasteiger partial charge in [-0.2, -0.15) is 0 Å². The molecule has 1 saturated carbocycles. The Kier molecular flexibility index (Phi) is 7.88. The molecule has 0 bridgehead atoms. The summed E-state index contributed by atoms with van der Waals surface area (Å²) in [5.74, 6) is 0.870. The summed E-state index contributed by atoms with van der Waals surface area (Å²) < 4.78 is 2.23. The van der Waals surface area contributed by atoms with Crippen molar-refractivity contribution in [1.29, 1.82) is 5.41 Å². The minimum absolute atomic E-state index is 0.207. The summed E-state index contributed by atoms with van der Waals surface area (Å²) in [7, 11) is 2.01. The monoisotopic (exact) mass is 423 g/mol. The zero-order valence-electron chi connectivity index (χ0n) is 19.2. The van der Waals surface area contributed by atoms with E-state index in [1.807, 2.05) is 25.2 Å². The van der Waals surface area contributed by atoms with Gasteiger partial charge in [-0.1, -0.05) is 39.5 Å². The molecular formula is C25H37N5O. The maximum Gasteiger partial charge on any atom is 0.225 e. The highest BCUT2D eigenvalue weighted by atomic mass is 16.2. The van der Waals surface area contributed by atoms with E-state index in [-0.39, 0.29) is 12.0 Å². The molecule has 0 aromatic carbocycles. The number of rotatable bonds is 9. The molecule has 168 valence electrons. The van der Waals surface area contributed by atoms with Crippen molar-refractivity contribution in [3.8, 4) is 0 Å². The number of nitrogens with zero attached hydrogens (tertiary/aromatic N) is 3. The Balaban J connectivity index is 1.77. The van der Waals surface area contributed by atoms with Gasteiger partial charge in [-0.25, -0.2) is 4.98 Å². The summed E-state index contributed by atoms with van der Waals surface area (Å²) in [6.45, 7) is 5.28. The van der Waals surface area contributed by atoms with Gasteiger partial charge >= 0.3 is 0 Å². The lowest BCUT2D eigenvalue weighted by molar-refractivity contribution is -0.138.